The molecular formula is C9H14N2. The molecule has 1 aromatic heterocycles. The molecule has 0 aliphatic heterocycles. The van der Waals surface area contributed by atoms with Crippen molar-refractivity contribution in [3.63, 3.8) is 0 Å². The summed E-state index contributed by atoms with van der Waals surface area (Å²) in [7, 11) is 0. The fourth-order valence-electron chi connectivity index (χ4n) is 1.20. The lowest BCUT2D eigenvalue weighted by molar-refractivity contribution is 0.765. The van der Waals surface area contributed by atoms with Gasteiger partial charge in [-0.15, -0.1) is 0 Å². The van der Waals surface area contributed by atoms with Crippen molar-refractivity contribution in [1.82, 2.24) is 10.2 Å². The van der Waals surface area contributed by atoms with Crippen LogP contribution in [-0.4, -0.2) is 10.2 Å². The average Bonchev–Trinajstić information content (AvgIpc) is 1.85. The molecule has 1 rings (SSSR count). The van der Waals surface area contributed by atoms with Gasteiger partial charge in [0.15, 0.2) is 0 Å². The normalized spacial score (nSPS) is 10.6. The zero-order valence-electron chi connectivity index (χ0n) is 7.55. The molecule has 60 valence electrons. The van der Waals surface area contributed by atoms with E-state index < -0.39 is 0 Å². The molecule has 0 aromatic carbocycles. The lowest BCUT2D eigenvalue weighted by Crippen LogP contribution is -1.99. The van der Waals surface area contributed by atoms with Gasteiger partial charge >= 0.3 is 0 Å². The van der Waals surface area contributed by atoms with Crippen LogP contribution in [-0.2, 0) is 0 Å². The van der Waals surface area contributed by atoms with Gasteiger partial charge in [0.05, 0.1) is 11.4 Å². The summed E-state index contributed by atoms with van der Waals surface area (Å²) < 4.78 is 0. The van der Waals surface area contributed by atoms with Crippen molar-refractivity contribution in [3.05, 3.63) is 23.0 Å². The number of aromatic nitrogens is 2. The summed E-state index contributed by atoms with van der Waals surface area (Å²) in [5.41, 5.74) is 3.34. The van der Waals surface area contributed by atoms with E-state index in [1.807, 2.05) is 6.92 Å². The molecule has 1 aromatic rings. The molecule has 11 heavy (non-hydrogen) atoms. The Bertz CT molecular complexity index is 254. The first-order valence-corrected chi connectivity index (χ1v) is 3.92. The molecule has 0 fully saturated rings. The topological polar surface area (TPSA) is 25.8 Å². The van der Waals surface area contributed by atoms with Gasteiger partial charge in [-0.05, 0) is 31.4 Å². The van der Waals surface area contributed by atoms with Crippen LogP contribution in [0.15, 0.2) is 6.07 Å². The molecular weight excluding hydrogens is 136 g/mol. The highest BCUT2D eigenvalue weighted by Crippen LogP contribution is 2.14. The van der Waals surface area contributed by atoms with Gasteiger partial charge in [-0.3, -0.25) is 0 Å². The molecule has 0 unspecified atom stereocenters. The maximum absolute atomic E-state index is 4.13. The Hall–Kier alpha value is -0.920. The summed E-state index contributed by atoms with van der Waals surface area (Å²) in [4.78, 5) is 0. The second kappa shape index (κ2) is 2.99. The van der Waals surface area contributed by atoms with E-state index in [0.29, 0.717) is 5.92 Å². The van der Waals surface area contributed by atoms with E-state index in [1.54, 1.807) is 0 Å². The number of nitrogens with zero attached hydrogens (tertiary/aromatic N) is 2. The van der Waals surface area contributed by atoms with Crippen LogP contribution in [0.1, 0.15) is 36.7 Å². The maximum atomic E-state index is 4.13. The molecule has 2 heteroatoms. The molecule has 0 saturated carbocycles. The molecule has 0 atom stereocenters. The van der Waals surface area contributed by atoms with Crippen LogP contribution in [0.25, 0.3) is 0 Å². The van der Waals surface area contributed by atoms with Gasteiger partial charge < -0.3 is 0 Å². The molecule has 0 bridgehead atoms. The predicted molar refractivity (Wildman–Crippen MR) is 45.6 cm³/mol. The highest BCUT2D eigenvalue weighted by atomic mass is 15.1. The summed E-state index contributed by atoms with van der Waals surface area (Å²) in [5.74, 6) is 0.475. The predicted octanol–water partition coefficient (Wildman–Crippen LogP) is 2.22. The van der Waals surface area contributed by atoms with E-state index in [1.165, 1.54) is 5.56 Å². The highest BCUT2D eigenvalue weighted by molar-refractivity contribution is 5.21. The van der Waals surface area contributed by atoms with Crippen molar-refractivity contribution in [2.24, 2.45) is 0 Å². The third-order valence-corrected chi connectivity index (χ3v) is 1.69. The third-order valence-electron chi connectivity index (χ3n) is 1.69. The fraction of sp³-hybridized carbons (Fsp3) is 0.556. The van der Waals surface area contributed by atoms with E-state index >= 15 is 0 Å². The molecule has 1 heterocycles. The zero-order valence-corrected chi connectivity index (χ0v) is 7.55. The van der Waals surface area contributed by atoms with Crippen LogP contribution in [0.4, 0.5) is 0 Å². The smallest absolute Gasteiger partial charge is 0.0685 e. The second-order valence-electron chi connectivity index (χ2n) is 3.21. The molecule has 0 N–H and O–H groups in total. The van der Waals surface area contributed by atoms with Gasteiger partial charge in [0, 0.05) is 0 Å². The summed E-state index contributed by atoms with van der Waals surface area (Å²) in [6, 6.07) is 2.07. The lowest BCUT2D eigenvalue weighted by atomic mass is 10.1. The summed E-state index contributed by atoms with van der Waals surface area (Å²) in [6.45, 7) is 8.31. The summed E-state index contributed by atoms with van der Waals surface area (Å²) in [5, 5.41) is 8.14. The van der Waals surface area contributed by atoms with E-state index in [2.05, 4.69) is 37.0 Å². The Morgan fingerprint density at radius 1 is 1.18 bits per heavy atom. The van der Waals surface area contributed by atoms with Crippen molar-refractivity contribution >= 4 is 0 Å². The van der Waals surface area contributed by atoms with Crippen LogP contribution in [0.3, 0.4) is 0 Å². The number of hydrogen-bond donors (Lipinski definition) is 0. The lowest BCUT2D eigenvalue weighted by Gasteiger charge is -2.06. The van der Waals surface area contributed by atoms with Gasteiger partial charge in [0.25, 0.3) is 0 Å². The third kappa shape index (κ3) is 1.76. The van der Waals surface area contributed by atoms with Crippen molar-refractivity contribution in [1.29, 1.82) is 0 Å². The van der Waals surface area contributed by atoms with Crippen molar-refractivity contribution in [2.75, 3.05) is 0 Å². The first-order valence-electron chi connectivity index (χ1n) is 3.92. The molecule has 0 spiro atoms. The molecule has 0 aliphatic rings. The fourth-order valence-corrected chi connectivity index (χ4v) is 1.20. The highest BCUT2D eigenvalue weighted by Gasteiger charge is 2.04. The van der Waals surface area contributed by atoms with Crippen molar-refractivity contribution in [2.45, 2.75) is 33.6 Å². The Labute approximate surface area is 67.7 Å². The second-order valence-corrected chi connectivity index (χ2v) is 3.21. The quantitative estimate of drug-likeness (QED) is 0.613. The van der Waals surface area contributed by atoms with Gasteiger partial charge in [-0.1, -0.05) is 13.8 Å². The maximum Gasteiger partial charge on any atom is 0.0685 e. The minimum Gasteiger partial charge on any atom is -0.156 e. The molecule has 0 radical (unpaired) electrons. The van der Waals surface area contributed by atoms with E-state index in [-0.39, 0.29) is 0 Å². The minimum atomic E-state index is 0.475. The van der Waals surface area contributed by atoms with Crippen LogP contribution in [0.5, 0.6) is 0 Å². The zero-order chi connectivity index (χ0) is 8.43. The van der Waals surface area contributed by atoms with Crippen LogP contribution >= 0.6 is 0 Å². The van der Waals surface area contributed by atoms with Crippen LogP contribution in [0.2, 0.25) is 0 Å². The van der Waals surface area contributed by atoms with Gasteiger partial charge in [0.1, 0.15) is 0 Å². The molecule has 0 amide bonds. The van der Waals surface area contributed by atoms with Crippen LogP contribution < -0.4 is 0 Å². The minimum absolute atomic E-state index is 0.475. The Morgan fingerprint density at radius 2 is 1.82 bits per heavy atom. The van der Waals surface area contributed by atoms with Gasteiger partial charge in [-0.25, -0.2) is 0 Å². The molecule has 0 saturated heterocycles. The van der Waals surface area contributed by atoms with E-state index in [4.69, 9.17) is 0 Å². The van der Waals surface area contributed by atoms with Crippen LogP contribution in [0, 0.1) is 13.8 Å². The van der Waals surface area contributed by atoms with Gasteiger partial charge in [0.2, 0.25) is 0 Å². The van der Waals surface area contributed by atoms with E-state index in [9.17, 15) is 0 Å². The van der Waals surface area contributed by atoms with Gasteiger partial charge in [-0.2, -0.15) is 10.2 Å². The van der Waals surface area contributed by atoms with E-state index in [0.717, 1.165) is 11.4 Å². The summed E-state index contributed by atoms with van der Waals surface area (Å²) in [6.07, 6.45) is 0. The summed E-state index contributed by atoms with van der Waals surface area (Å²) >= 11 is 0. The number of aryl methyl sites for hydroxylation is 2. The molecule has 0 aliphatic carbocycles. The first kappa shape index (κ1) is 8.18. The SMILES string of the molecule is Cc1cc(C)c(C(C)C)nn1. The Kier molecular flexibility index (Phi) is 2.22. The standard InChI is InChI=1S/C9H14N2/c1-6(2)9-7(3)5-8(4)10-11-9/h5-6H,1-4H3. The number of rotatable bonds is 1. The largest absolute Gasteiger partial charge is 0.156 e. The Balaban J connectivity index is 3.09. The first-order chi connectivity index (χ1) is 5.11. The monoisotopic (exact) mass is 150 g/mol. The average molecular weight is 150 g/mol. The molecule has 2 nitrogen and oxygen atoms in total. The van der Waals surface area contributed by atoms with Crippen molar-refractivity contribution < 1.29 is 0 Å². The van der Waals surface area contributed by atoms with Crippen molar-refractivity contribution in [3.8, 4) is 0 Å². The Morgan fingerprint density at radius 3 is 2.27 bits per heavy atom. The number of hydrogen-bond acceptors (Lipinski definition) is 2.